The minimum Gasteiger partial charge on any atom is -0.432 e. The molecule has 3 aromatic rings. The van der Waals surface area contributed by atoms with Crippen molar-refractivity contribution in [3.8, 4) is 0 Å². The van der Waals surface area contributed by atoms with Crippen LogP contribution >= 0.6 is 0 Å². The van der Waals surface area contributed by atoms with Gasteiger partial charge in [0.25, 0.3) is 0 Å². The minimum absolute atomic E-state index is 0.250. The van der Waals surface area contributed by atoms with Crippen LogP contribution in [-0.2, 0) is 24.2 Å². The minimum atomic E-state index is -0.490. The maximum atomic E-state index is 9.60. The molecular weight excluding hydrogens is 356 g/mol. The lowest BCUT2D eigenvalue weighted by Gasteiger charge is -2.33. The quantitative estimate of drug-likeness (QED) is 0.694. The number of rotatable bonds is 5. The highest BCUT2D eigenvalue weighted by atomic mass is 16.5. The Labute approximate surface area is 164 Å². The monoisotopic (exact) mass is 384 g/mol. The van der Waals surface area contributed by atoms with Crippen molar-refractivity contribution in [2.75, 3.05) is 11.9 Å². The lowest BCUT2D eigenvalue weighted by atomic mass is 9.88. The zero-order chi connectivity index (χ0) is 20.1. The second kappa shape index (κ2) is 6.97. The number of ether oxygens (including phenoxy) is 1. The van der Waals surface area contributed by atoms with Gasteiger partial charge >= 0.3 is 0 Å². The largest absolute Gasteiger partial charge is 0.432 e. The van der Waals surface area contributed by atoms with Crippen LogP contribution in [0.3, 0.4) is 0 Å². The molecule has 4 rings (SSSR count). The Kier molecular flexibility index (Phi) is 4.75. The number of nitrogens with one attached hydrogen (secondary N) is 1. The Balaban J connectivity index is 1.95. The fraction of sp³-hybridized carbons (Fsp3) is 0.571. The Hall–Kier alpha value is -2.25. The molecule has 0 saturated carbocycles. The summed E-state index contributed by atoms with van der Waals surface area (Å²) in [4.78, 5) is 13.7. The average molecular weight is 384 g/mol. The summed E-state index contributed by atoms with van der Waals surface area (Å²) in [5.74, 6) is 1.06. The number of pyridine rings is 1. The highest BCUT2D eigenvalue weighted by molar-refractivity contribution is 6.06. The van der Waals surface area contributed by atoms with Gasteiger partial charge in [0.1, 0.15) is 11.8 Å². The van der Waals surface area contributed by atoms with Gasteiger partial charge in [-0.05, 0) is 38.7 Å². The van der Waals surface area contributed by atoms with E-state index in [2.05, 4.69) is 43.0 Å². The number of aromatic nitrogens is 3. The first-order chi connectivity index (χ1) is 13.2. The third kappa shape index (κ3) is 3.44. The summed E-state index contributed by atoms with van der Waals surface area (Å²) >= 11 is 0. The topological polar surface area (TPSA) is 93.3 Å². The maximum Gasteiger partial charge on any atom is 0.229 e. The number of aliphatic hydroxyl groups excluding tert-OH is 1. The first-order valence-electron chi connectivity index (χ1n) is 9.89. The molecule has 28 heavy (non-hydrogen) atoms. The number of anilines is 1. The highest BCUT2D eigenvalue weighted by Gasteiger charge is 2.32. The molecule has 0 bridgehead atoms. The molecule has 3 aromatic heterocycles. The van der Waals surface area contributed by atoms with Crippen LogP contribution in [0.4, 0.5) is 5.82 Å². The molecule has 1 aliphatic rings. The fourth-order valence-corrected chi connectivity index (χ4v) is 3.80. The van der Waals surface area contributed by atoms with Crippen molar-refractivity contribution < 1.29 is 14.3 Å². The van der Waals surface area contributed by atoms with Gasteiger partial charge in [-0.15, -0.1) is 0 Å². The Morgan fingerprint density at radius 1 is 1.21 bits per heavy atom. The van der Waals surface area contributed by atoms with E-state index >= 15 is 0 Å². The molecule has 0 radical (unpaired) electrons. The van der Waals surface area contributed by atoms with Crippen LogP contribution in [0, 0.1) is 5.92 Å². The van der Waals surface area contributed by atoms with Gasteiger partial charge in [0.2, 0.25) is 5.71 Å². The van der Waals surface area contributed by atoms with E-state index in [4.69, 9.17) is 14.1 Å². The molecule has 0 aromatic carbocycles. The molecule has 150 valence electrons. The molecule has 4 heterocycles. The zero-order valence-electron chi connectivity index (χ0n) is 17.2. The number of nitrogens with zero attached hydrogens (tertiary/aromatic N) is 3. The van der Waals surface area contributed by atoms with Crippen molar-refractivity contribution in [1.29, 1.82) is 0 Å². The van der Waals surface area contributed by atoms with Crippen molar-refractivity contribution in [1.82, 2.24) is 15.0 Å². The van der Waals surface area contributed by atoms with Gasteiger partial charge in [0, 0.05) is 18.5 Å². The van der Waals surface area contributed by atoms with Crippen LogP contribution in [0.2, 0.25) is 0 Å². The summed E-state index contributed by atoms with van der Waals surface area (Å²) in [5.41, 5.74) is 5.12. The first kappa shape index (κ1) is 19.1. The number of fused-ring (bicyclic) bond motifs is 5. The van der Waals surface area contributed by atoms with E-state index in [1.807, 2.05) is 0 Å². The molecule has 0 amide bonds. The third-order valence-electron chi connectivity index (χ3n) is 5.08. The second-order valence-corrected chi connectivity index (χ2v) is 8.75. The Morgan fingerprint density at radius 3 is 2.71 bits per heavy atom. The fourth-order valence-electron chi connectivity index (χ4n) is 3.80. The third-order valence-corrected chi connectivity index (χ3v) is 5.08. The van der Waals surface area contributed by atoms with Gasteiger partial charge in [0.15, 0.2) is 11.4 Å². The van der Waals surface area contributed by atoms with Gasteiger partial charge < -0.3 is 19.6 Å². The van der Waals surface area contributed by atoms with E-state index in [0.717, 1.165) is 29.4 Å². The van der Waals surface area contributed by atoms with Crippen LogP contribution < -0.4 is 5.32 Å². The summed E-state index contributed by atoms with van der Waals surface area (Å²) < 4.78 is 12.2. The predicted molar refractivity (Wildman–Crippen MR) is 108 cm³/mol. The van der Waals surface area contributed by atoms with E-state index in [0.29, 0.717) is 36.2 Å². The second-order valence-electron chi connectivity index (χ2n) is 8.75. The number of furan rings is 1. The molecule has 0 fully saturated rings. The summed E-state index contributed by atoms with van der Waals surface area (Å²) in [6.45, 7) is 11.3. The van der Waals surface area contributed by atoms with Crippen molar-refractivity contribution in [2.45, 2.75) is 65.8 Å². The Morgan fingerprint density at radius 2 is 2.00 bits per heavy atom. The van der Waals surface area contributed by atoms with Gasteiger partial charge in [-0.1, -0.05) is 13.8 Å². The molecule has 0 aliphatic carbocycles. The van der Waals surface area contributed by atoms with E-state index in [9.17, 15) is 5.11 Å². The number of hydrogen-bond acceptors (Lipinski definition) is 7. The molecule has 0 unspecified atom stereocenters. The molecule has 7 heteroatoms. The van der Waals surface area contributed by atoms with Crippen LogP contribution in [0.5, 0.6) is 0 Å². The first-order valence-corrected chi connectivity index (χ1v) is 9.89. The van der Waals surface area contributed by atoms with Crippen LogP contribution in [0.1, 0.15) is 51.4 Å². The SMILES string of the molecule is CC(C)Cc1nc2oc3c(NC[C@H](C)O)ncnc3c2c2c1COC(C)(C)C2. The van der Waals surface area contributed by atoms with Gasteiger partial charge in [-0.3, -0.25) is 0 Å². The predicted octanol–water partition coefficient (Wildman–Crippen LogP) is 3.61. The Bertz CT molecular complexity index is 1020. The normalized spacial score (nSPS) is 17.2. The van der Waals surface area contributed by atoms with E-state index in [-0.39, 0.29) is 5.60 Å². The van der Waals surface area contributed by atoms with Gasteiger partial charge in [-0.25, -0.2) is 15.0 Å². The average Bonchev–Trinajstić information content (AvgIpc) is 2.97. The summed E-state index contributed by atoms with van der Waals surface area (Å²) in [5, 5.41) is 13.7. The van der Waals surface area contributed by atoms with Gasteiger partial charge in [-0.2, -0.15) is 0 Å². The molecule has 7 nitrogen and oxygen atoms in total. The van der Waals surface area contributed by atoms with E-state index < -0.39 is 6.10 Å². The van der Waals surface area contributed by atoms with E-state index in [1.165, 1.54) is 17.5 Å². The number of hydrogen-bond donors (Lipinski definition) is 2. The lowest BCUT2D eigenvalue weighted by Crippen LogP contribution is -2.33. The smallest absolute Gasteiger partial charge is 0.229 e. The molecule has 0 saturated heterocycles. The highest BCUT2D eigenvalue weighted by Crippen LogP contribution is 2.39. The molecule has 1 aliphatic heterocycles. The van der Waals surface area contributed by atoms with Crippen LogP contribution in [-0.4, -0.2) is 38.3 Å². The molecule has 0 spiro atoms. The summed E-state index contributed by atoms with van der Waals surface area (Å²) in [7, 11) is 0. The van der Waals surface area contributed by atoms with Crippen LogP contribution in [0.25, 0.3) is 22.2 Å². The van der Waals surface area contributed by atoms with Crippen LogP contribution in [0.15, 0.2) is 10.7 Å². The van der Waals surface area contributed by atoms with Crippen molar-refractivity contribution in [2.24, 2.45) is 5.92 Å². The van der Waals surface area contributed by atoms with Gasteiger partial charge in [0.05, 0.1) is 29.4 Å². The van der Waals surface area contributed by atoms with E-state index in [1.54, 1.807) is 6.92 Å². The lowest BCUT2D eigenvalue weighted by molar-refractivity contribution is -0.0402. The molecular formula is C21H28N4O3. The molecule has 1 atom stereocenters. The molecule has 2 N–H and O–H groups in total. The summed E-state index contributed by atoms with van der Waals surface area (Å²) in [6.07, 6.45) is 2.69. The van der Waals surface area contributed by atoms with Crippen molar-refractivity contribution in [3.05, 3.63) is 23.1 Å². The maximum absolute atomic E-state index is 9.60. The summed E-state index contributed by atoms with van der Waals surface area (Å²) in [6, 6.07) is 0. The number of aliphatic hydroxyl groups is 1. The van der Waals surface area contributed by atoms with Crippen molar-refractivity contribution >= 4 is 28.0 Å². The standard InChI is InChI=1S/C21H28N4O3/c1-11(2)6-15-14-9-27-21(4,5)7-13(14)16-17-18(28-20(16)25-15)19(24-10-23-17)22-8-12(3)26/h10-12,26H,6-9H2,1-5H3,(H,22,23,24)/t12-/m0/s1. The zero-order valence-corrected chi connectivity index (χ0v) is 17.2. The van der Waals surface area contributed by atoms with Crippen molar-refractivity contribution in [3.63, 3.8) is 0 Å².